The van der Waals surface area contributed by atoms with Crippen LogP contribution in [0.15, 0.2) is 0 Å². The van der Waals surface area contributed by atoms with Crippen molar-refractivity contribution >= 4 is 6.29 Å². The first-order chi connectivity index (χ1) is 9.08. The van der Waals surface area contributed by atoms with Crippen molar-refractivity contribution in [2.45, 2.75) is 26.5 Å². The second-order valence-electron chi connectivity index (χ2n) is 4.18. The van der Waals surface area contributed by atoms with Gasteiger partial charge in [-0.25, -0.2) is 0 Å². The van der Waals surface area contributed by atoms with Crippen LogP contribution in [0, 0.1) is 6.92 Å². The molecule has 2 rings (SSSR count). The summed E-state index contributed by atoms with van der Waals surface area (Å²) >= 11 is 0. The van der Waals surface area contributed by atoms with Gasteiger partial charge in [-0.05, 0) is 24.6 Å². The number of aromatic nitrogens is 5. The molecule has 2 heterocycles. The average Bonchev–Trinajstić information content (AvgIpc) is 2.94. The highest BCUT2D eigenvalue weighted by Gasteiger charge is 2.20. The Balaban J connectivity index is 2.46. The van der Waals surface area contributed by atoms with Crippen molar-refractivity contribution in [2.24, 2.45) is 0 Å². The Hall–Kier alpha value is -2.06. The van der Waals surface area contributed by atoms with E-state index in [0.717, 1.165) is 0 Å². The van der Waals surface area contributed by atoms with E-state index >= 15 is 0 Å². The molecule has 0 aliphatic heterocycles. The summed E-state index contributed by atoms with van der Waals surface area (Å²) in [5, 5.41) is 30.1. The lowest BCUT2D eigenvalue weighted by atomic mass is 10.1. The van der Waals surface area contributed by atoms with E-state index in [0.29, 0.717) is 34.6 Å². The third-order valence-electron chi connectivity index (χ3n) is 2.84. The summed E-state index contributed by atoms with van der Waals surface area (Å²) in [4.78, 5) is 15.3. The first-order valence-corrected chi connectivity index (χ1v) is 5.83. The standard InChI is InChI=1S/C11H15N5O3/c1-6-8(5-18)10(7(2)19)12-9(6)11-13-15-16(14-11)3-4-17/h5,7,12,17,19H,3-4H2,1-2H3. The minimum atomic E-state index is -0.792. The van der Waals surface area contributed by atoms with Crippen LogP contribution in [-0.2, 0) is 6.54 Å². The number of rotatable bonds is 5. The molecule has 0 saturated carbocycles. The SMILES string of the molecule is Cc1c(-c2nnn(CCO)n2)[nH]c(C(C)O)c1C=O. The van der Waals surface area contributed by atoms with E-state index in [4.69, 9.17) is 5.11 Å². The smallest absolute Gasteiger partial charge is 0.221 e. The zero-order chi connectivity index (χ0) is 14.0. The van der Waals surface area contributed by atoms with Crippen LogP contribution in [-0.4, -0.2) is 48.3 Å². The van der Waals surface area contributed by atoms with Gasteiger partial charge in [-0.1, -0.05) is 0 Å². The van der Waals surface area contributed by atoms with Gasteiger partial charge < -0.3 is 15.2 Å². The predicted octanol–water partition coefficient (Wildman–Crippen LogP) is -0.165. The number of carbonyl (C=O) groups excluding carboxylic acids is 1. The molecule has 0 aliphatic rings. The molecule has 0 bridgehead atoms. The lowest BCUT2D eigenvalue weighted by Gasteiger charge is -2.01. The largest absolute Gasteiger partial charge is 0.394 e. The molecule has 1 atom stereocenters. The van der Waals surface area contributed by atoms with Crippen LogP contribution in [0.2, 0.25) is 0 Å². The Kier molecular flexibility index (Phi) is 3.72. The van der Waals surface area contributed by atoms with E-state index in [-0.39, 0.29) is 13.2 Å². The zero-order valence-corrected chi connectivity index (χ0v) is 10.7. The van der Waals surface area contributed by atoms with E-state index in [1.807, 2.05) is 0 Å². The van der Waals surface area contributed by atoms with Gasteiger partial charge in [-0.3, -0.25) is 4.79 Å². The molecule has 2 aromatic heterocycles. The van der Waals surface area contributed by atoms with Gasteiger partial charge in [-0.2, -0.15) is 4.80 Å². The number of aliphatic hydroxyl groups is 2. The normalized spacial score (nSPS) is 12.6. The maximum absolute atomic E-state index is 11.1. The molecule has 0 radical (unpaired) electrons. The lowest BCUT2D eigenvalue weighted by molar-refractivity contribution is 0.111. The van der Waals surface area contributed by atoms with Crippen LogP contribution >= 0.6 is 0 Å². The Morgan fingerprint density at radius 2 is 2.26 bits per heavy atom. The molecule has 19 heavy (non-hydrogen) atoms. The molecule has 0 aliphatic carbocycles. The number of H-pyrrole nitrogens is 1. The number of tetrazole rings is 1. The van der Waals surface area contributed by atoms with Gasteiger partial charge >= 0.3 is 0 Å². The minimum Gasteiger partial charge on any atom is -0.394 e. The third kappa shape index (κ3) is 2.40. The summed E-state index contributed by atoms with van der Waals surface area (Å²) in [6.07, 6.45) is -0.102. The Bertz CT molecular complexity index is 587. The summed E-state index contributed by atoms with van der Waals surface area (Å²) in [5.41, 5.74) is 2.04. The number of hydrogen-bond acceptors (Lipinski definition) is 6. The number of aromatic amines is 1. The fraction of sp³-hybridized carbons (Fsp3) is 0.455. The number of hydrogen-bond donors (Lipinski definition) is 3. The number of aldehydes is 1. The van der Waals surface area contributed by atoms with Gasteiger partial charge in [0, 0.05) is 5.56 Å². The van der Waals surface area contributed by atoms with E-state index in [2.05, 4.69) is 20.4 Å². The molecular formula is C11H15N5O3. The van der Waals surface area contributed by atoms with E-state index < -0.39 is 6.10 Å². The zero-order valence-electron chi connectivity index (χ0n) is 10.7. The molecule has 0 fully saturated rings. The molecular weight excluding hydrogens is 250 g/mol. The Morgan fingerprint density at radius 1 is 1.53 bits per heavy atom. The van der Waals surface area contributed by atoms with Gasteiger partial charge in [0.25, 0.3) is 0 Å². The maximum atomic E-state index is 11.1. The Morgan fingerprint density at radius 3 is 2.79 bits per heavy atom. The monoisotopic (exact) mass is 265 g/mol. The van der Waals surface area contributed by atoms with Crippen LogP contribution < -0.4 is 0 Å². The summed E-state index contributed by atoms with van der Waals surface area (Å²) in [6.45, 7) is 3.47. The Labute approximate surface area is 109 Å². The van der Waals surface area contributed by atoms with Crippen LogP contribution in [0.1, 0.15) is 34.6 Å². The topological polar surface area (TPSA) is 117 Å². The summed E-state index contributed by atoms with van der Waals surface area (Å²) < 4.78 is 0. The molecule has 102 valence electrons. The molecule has 0 amide bonds. The number of nitrogens with one attached hydrogen (secondary N) is 1. The van der Waals surface area contributed by atoms with Gasteiger partial charge in [-0.15, -0.1) is 10.2 Å². The van der Waals surface area contributed by atoms with Gasteiger partial charge in [0.2, 0.25) is 5.82 Å². The molecule has 0 spiro atoms. The first-order valence-electron chi connectivity index (χ1n) is 5.83. The molecule has 2 aromatic rings. The molecule has 8 nitrogen and oxygen atoms in total. The third-order valence-corrected chi connectivity index (χ3v) is 2.84. The molecule has 8 heteroatoms. The number of nitrogens with zero attached hydrogens (tertiary/aromatic N) is 4. The summed E-state index contributed by atoms with van der Waals surface area (Å²) in [5.74, 6) is 0.320. The number of aliphatic hydroxyl groups excluding tert-OH is 2. The second-order valence-corrected chi connectivity index (χ2v) is 4.18. The van der Waals surface area contributed by atoms with Crippen LogP contribution in [0.3, 0.4) is 0 Å². The van der Waals surface area contributed by atoms with Gasteiger partial charge in [0.15, 0.2) is 6.29 Å². The first kappa shape index (κ1) is 13.4. The van der Waals surface area contributed by atoms with Crippen molar-refractivity contribution < 1.29 is 15.0 Å². The summed E-state index contributed by atoms with van der Waals surface area (Å²) in [7, 11) is 0. The van der Waals surface area contributed by atoms with Crippen LogP contribution in [0.4, 0.5) is 0 Å². The second kappa shape index (κ2) is 5.29. The van der Waals surface area contributed by atoms with Crippen molar-refractivity contribution in [3.63, 3.8) is 0 Å². The maximum Gasteiger partial charge on any atom is 0.221 e. The van der Waals surface area contributed by atoms with Gasteiger partial charge in [0.05, 0.1) is 30.6 Å². The minimum absolute atomic E-state index is 0.0853. The lowest BCUT2D eigenvalue weighted by Crippen LogP contribution is -2.05. The quantitative estimate of drug-likeness (QED) is 0.646. The van der Waals surface area contributed by atoms with Crippen molar-refractivity contribution in [1.82, 2.24) is 25.2 Å². The fourth-order valence-electron chi connectivity index (χ4n) is 1.86. The highest BCUT2D eigenvalue weighted by Crippen LogP contribution is 2.27. The highest BCUT2D eigenvalue weighted by molar-refractivity contribution is 5.83. The number of carbonyl (C=O) groups is 1. The van der Waals surface area contributed by atoms with Crippen LogP contribution in [0.5, 0.6) is 0 Å². The molecule has 0 saturated heterocycles. The van der Waals surface area contributed by atoms with E-state index in [9.17, 15) is 9.90 Å². The van der Waals surface area contributed by atoms with E-state index in [1.54, 1.807) is 13.8 Å². The fourth-order valence-corrected chi connectivity index (χ4v) is 1.86. The van der Waals surface area contributed by atoms with Gasteiger partial charge in [0.1, 0.15) is 0 Å². The van der Waals surface area contributed by atoms with Crippen molar-refractivity contribution in [3.05, 3.63) is 16.8 Å². The molecule has 3 N–H and O–H groups in total. The predicted molar refractivity (Wildman–Crippen MR) is 65.4 cm³/mol. The van der Waals surface area contributed by atoms with E-state index in [1.165, 1.54) is 4.80 Å². The highest BCUT2D eigenvalue weighted by atomic mass is 16.3. The average molecular weight is 265 g/mol. The van der Waals surface area contributed by atoms with Crippen LogP contribution in [0.25, 0.3) is 11.5 Å². The van der Waals surface area contributed by atoms with Crippen molar-refractivity contribution in [2.75, 3.05) is 6.61 Å². The van der Waals surface area contributed by atoms with Crippen molar-refractivity contribution in [3.8, 4) is 11.5 Å². The summed E-state index contributed by atoms with van der Waals surface area (Å²) in [6, 6.07) is 0. The molecule has 0 aromatic carbocycles. The van der Waals surface area contributed by atoms with Crippen molar-refractivity contribution in [1.29, 1.82) is 0 Å². The molecule has 1 unspecified atom stereocenters.